The minimum atomic E-state index is -1.66. The second-order valence-electron chi connectivity index (χ2n) is 5.86. The average Bonchev–Trinajstić information content (AvgIpc) is 2.54. The lowest BCUT2D eigenvalue weighted by molar-refractivity contribution is 0.234. The van der Waals surface area contributed by atoms with E-state index in [1.165, 1.54) is 25.4 Å². The van der Waals surface area contributed by atoms with Crippen LogP contribution in [0.3, 0.4) is 0 Å². The fourth-order valence-corrected chi connectivity index (χ4v) is 6.39. The topological polar surface area (TPSA) is 34.1 Å². The molecular weight excluding hydrogens is 292 g/mol. The van der Waals surface area contributed by atoms with Crippen molar-refractivity contribution in [3.05, 3.63) is 29.8 Å². The number of aliphatic imine (C=N–C) groups is 1. The smallest absolute Gasteiger partial charge is 0.268 e. The first-order chi connectivity index (χ1) is 10.7. The second kappa shape index (κ2) is 8.46. The molecule has 1 aromatic rings. The highest BCUT2D eigenvalue weighted by Crippen LogP contribution is 2.25. The number of hydrogen-bond acceptors (Lipinski definition) is 4. The number of ether oxygens (including phenoxy) is 1. The lowest BCUT2D eigenvalue weighted by Crippen LogP contribution is -2.57. The molecule has 0 bridgehead atoms. The van der Waals surface area contributed by atoms with Crippen molar-refractivity contribution >= 4 is 14.7 Å². The molecule has 1 saturated heterocycles. The second-order valence-corrected chi connectivity index (χ2v) is 9.63. The van der Waals surface area contributed by atoms with E-state index < -0.39 is 8.48 Å². The molecule has 0 saturated carbocycles. The van der Waals surface area contributed by atoms with Crippen molar-refractivity contribution in [2.75, 3.05) is 33.4 Å². The van der Waals surface area contributed by atoms with Crippen molar-refractivity contribution in [1.29, 1.82) is 0 Å². The van der Waals surface area contributed by atoms with Crippen LogP contribution in [0.1, 0.15) is 25.3 Å². The lowest BCUT2D eigenvalue weighted by atomic mass is 10.2. The Morgan fingerprint density at radius 3 is 2.73 bits per heavy atom. The van der Waals surface area contributed by atoms with E-state index in [2.05, 4.69) is 23.0 Å². The molecule has 22 heavy (non-hydrogen) atoms. The summed E-state index contributed by atoms with van der Waals surface area (Å²) >= 11 is 0. The molecule has 4 nitrogen and oxygen atoms in total. The SMILES string of the molecule is CCO[Si]1(C)CCCCN1CCN=Cc1ccc(OC)cc1. The Morgan fingerprint density at radius 1 is 1.27 bits per heavy atom. The maximum atomic E-state index is 6.12. The molecule has 0 spiro atoms. The highest BCUT2D eigenvalue weighted by Gasteiger charge is 2.38. The molecule has 0 radical (unpaired) electrons. The van der Waals surface area contributed by atoms with Gasteiger partial charge in [-0.05, 0) is 62.3 Å². The van der Waals surface area contributed by atoms with E-state index in [0.29, 0.717) is 0 Å². The van der Waals surface area contributed by atoms with Gasteiger partial charge in [-0.2, -0.15) is 0 Å². The van der Waals surface area contributed by atoms with E-state index in [1.54, 1.807) is 7.11 Å². The van der Waals surface area contributed by atoms with Gasteiger partial charge in [-0.3, -0.25) is 4.99 Å². The maximum Gasteiger partial charge on any atom is 0.268 e. The van der Waals surface area contributed by atoms with Crippen molar-refractivity contribution in [2.45, 2.75) is 32.4 Å². The van der Waals surface area contributed by atoms with Crippen LogP contribution >= 0.6 is 0 Å². The first-order valence-electron chi connectivity index (χ1n) is 8.21. The minimum absolute atomic E-state index is 0.828. The van der Waals surface area contributed by atoms with Crippen LogP contribution < -0.4 is 4.74 Å². The van der Waals surface area contributed by atoms with Crippen molar-refractivity contribution in [2.24, 2.45) is 4.99 Å². The third-order valence-electron chi connectivity index (χ3n) is 4.30. The summed E-state index contributed by atoms with van der Waals surface area (Å²) in [6.07, 6.45) is 4.55. The third-order valence-corrected chi connectivity index (χ3v) is 8.28. The van der Waals surface area contributed by atoms with E-state index in [-0.39, 0.29) is 0 Å². The van der Waals surface area contributed by atoms with Gasteiger partial charge in [0.15, 0.2) is 0 Å². The molecule has 1 aromatic carbocycles. The summed E-state index contributed by atoms with van der Waals surface area (Å²) in [6, 6.07) is 9.24. The van der Waals surface area contributed by atoms with E-state index in [0.717, 1.165) is 31.0 Å². The lowest BCUT2D eigenvalue weighted by Gasteiger charge is -2.41. The average molecular weight is 321 g/mol. The van der Waals surface area contributed by atoms with Crippen LogP contribution in [0.15, 0.2) is 29.3 Å². The summed E-state index contributed by atoms with van der Waals surface area (Å²) < 4.78 is 13.9. The largest absolute Gasteiger partial charge is 0.497 e. The molecule has 0 amide bonds. The molecule has 1 atom stereocenters. The first kappa shape index (κ1) is 17.2. The van der Waals surface area contributed by atoms with E-state index >= 15 is 0 Å². The number of hydrogen-bond donors (Lipinski definition) is 0. The highest BCUT2D eigenvalue weighted by atomic mass is 28.4. The predicted molar refractivity (Wildman–Crippen MR) is 94.3 cm³/mol. The van der Waals surface area contributed by atoms with Crippen LogP contribution in [-0.2, 0) is 4.43 Å². The third kappa shape index (κ3) is 4.66. The van der Waals surface area contributed by atoms with Crippen molar-refractivity contribution in [3.63, 3.8) is 0 Å². The Hall–Kier alpha value is -1.17. The fourth-order valence-electron chi connectivity index (χ4n) is 3.01. The summed E-state index contributed by atoms with van der Waals surface area (Å²) in [4.78, 5) is 4.58. The molecule has 0 aliphatic carbocycles. The summed E-state index contributed by atoms with van der Waals surface area (Å²) in [5.41, 5.74) is 1.12. The Morgan fingerprint density at radius 2 is 2.05 bits per heavy atom. The monoisotopic (exact) mass is 320 g/mol. The summed E-state index contributed by atoms with van der Waals surface area (Å²) in [5.74, 6) is 0.879. The standard InChI is InChI=1S/C17H28N2O2Si/c1-4-21-22(3)14-6-5-12-19(22)13-11-18-15-16-7-9-17(20-2)10-8-16/h7-10,15H,4-6,11-14H2,1-3H3. The van der Waals surface area contributed by atoms with Crippen molar-refractivity contribution < 1.29 is 9.16 Å². The van der Waals surface area contributed by atoms with Gasteiger partial charge in [0.25, 0.3) is 8.48 Å². The summed E-state index contributed by atoms with van der Waals surface area (Å²) in [7, 11) is 0.0168. The fraction of sp³-hybridized carbons (Fsp3) is 0.588. The predicted octanol–water partition coefficient (Wildman–Crippen LogP) is 3.32. The minimum Gasteiger partial charge on any atom is -0.497 e. The quantitative estimate of drug-likeness (QED) is 0.571. The van der Waals surface area contributed by atoms with Gasteiger partial charge in [-0.15, -0.1) is 0 Å². The zero-order valence-corrected chi connectivity index (χ0v) is 15.0. The van der Waals surface area contributed by atoms with Gasteiger partial charge in [-0.25, -0.2) is 0 Å². The number of methoxy groups -OCH3 is 1. The molecule has 1 fully saturated rings. The molecular formula is C17H28N2O2Si. The van der Waals surface area contributed by atoms with Crippen LogP contribution in [0.5, 0.6) is 5.75 Å². The van der Waals surface area contributed by atoms with Gasteiger partial charge < -0.3 is 13.7 Å². The van der Waals surface area contributed by atoms with Crippen LogP contribution in [0, 0.1) is 0 Å². The molecule has 1 unspecified atom stereocenters. The summed E-state index contributed by atoms with van der Waals surface area (Å²) in [5, 5.41) is 0. The molecule has 0 N–H and O–H groups in total. The van der Waals surface area contributed by atoms with Gasteiger partial charge in [0, 0.05) is 19.4 Å². The number of nitrogens with zero attached hydrogens (tertiary/aromatic N) is 2. The molecule has 5 heteroatoms. The molecule has 1 aliphatic heterocycles. The molecule has 122 valence electrons. The van der Waals surface area contributed by atoms with Crippen molar-refractivity contribution in [3.8, 4) is 5.75 Å². The molecule has 0 aromatic heterocycles. The first-order valence-corrected chi connectivity index (χ1v) is 10.8. The zero-order chi connectivity index (χ0) is 15.8. The number of benzene rings is 1. The Kier molecular flexibility index (Phi) is 6.61. The Labute approximate surface area is 135 Å². The Bertz CT molecular complexity index is 474. The van der Waals surface area contributed by atoms with Gasteiger partial charge in [0.1, 0.15) is 5.75 Å². The molecule has 1 aliphatic rings. The van der Waals surface area contributed by atoms with E-state index in [9.17, 15) is 0 Å². The van der Waals surface area contributed by atoms with Crippen LogP contribution in [-0.4, -0.2) is 52.6 Å². The van der Waals surface area contributed by atoms with Crippen LogP contribution in [0.4, 0.5) is 0 Å². The van der Waals surface area contributed by atoms with Gasteiger partial charge in [-0.1, -0.05) is 6.42 Å². The van der Waals surface area contributed by atoms with Gasteiger partial charge >= 0.3 is 0 Å². The highest BCUT2D eigenvalue weighted by molar-refractivity contribution is 6.69. The van der Waals surface area contributed by atoms with Crippen LogP contribution in [0.2, 0.25) is 12.6 Å². The normalized spacial score (nSPS) is 23.0. The molecule has 1 heterocycles. The maximum absolute atomic E-state index is 6.12. The summed E-state index contributed by atoms with van der Waals surface area (Å²) in [6.45, 7) is 8.29. The Balaban J connectivity index is 1.84. The van der Waals surface area contributed by atoms with Gasteiger partial charge in [0.05, 0.1) is 13.7 Å². The molecule has 2 rings (SSSR count). The van der Waals surface area contributed by atoms with Crippen molar-refractivity contribution in [1.82, 2.24) is 4.57 Å². The zero-order valence-electron chi connectivity index (χ0n) is 14.0. The van der Waals surface area contributed by atoms with E-state index in [4.69, 9.17) is 9.16 Å². The van der Waals surface area contributed by atoms with Gasteiger partial charge in [0.2, 0.25) is 0 Å². The van der Waals surface area contributed by atoms with E-state index in [1.807, 2.05) is 30.5 Å². The number of rotatable bonds is 7. The van der Waals surface area contributed by atoms with Crippen LogP contribution in [0.25, 0.3) is 0 Å².